The van der Waals surface area contributed by atoms with Crippen molar-refractivity contribution in [1.29, 1.82) is 0 Å². The number of primary amides is 1. The predicted molar refractivity (Wildman–Crippen MR) is 50.2 cm³/mol. The Morgan fingerprint density at radius 3 is 3.08 bits per heavy atom. The van der Waals surface area contributed by atoms with Gasteiger partial charge in [0, 0.05) is 20.2 Å². The summed E-state index contributed by atoms with van der Waals surface area (Å²) in [4.78, 5) is 13.2. The highest BCUT2D eigenvalue weighted by atomic mass is 16.5. The van der Waals surface area contributed by atoms with Gasteiger partial charge in [0.25, 0.3) is 0 Å². The Labute approximate surface area is 79.0 Å². The maximum Gasteiger partial charge on any atom is 0.221 e. The maximum absolute atomic E-state index is 10.9. The van der Waals surface area contributed by atoms with E-state index >= 15 is 0 Å². The number of rotatable bonds is 4. The van der Waals surface area contributed by atoms with Crippen molar-refractivity contribution in [2.45, 2.75) is 12.8 Å². The van der Waals surface area contributed by atoms with Gasteiger partial charge in [-0.05, 0) is 19.4 Å². The van der Waals surface area contributed by atoms with Gasteiger partial charge in [0.15, 0.2) is 0 Å². The zero-order valence-corrected chi connectivity index (χ0v) is 8.16. The molecule has 0 spiro atoms. The van der Waals surface area contributed by atoms with Crippen molar-refractivity contribution in [3.8, 4) is 0 Å². The van der Waals surface area contributed by atoms with Crippen molar-refractivity contribution in [3.05, 3.63) is 0 Å². The summed E-state index contributed by atoms with van der Waals surface area (Å²) < 4.78 is 4.98. The number of nitrogens with two attached hydrogens (primary N) is 1. The third-order valence-corrected chi connectivity index (χ3v) is 2.52. The number of amides is 1. The Bertz CT molecular complexity index is 173. The molecular weight excluding hydrogens is 168 g/mol. The molecule has 2 N–H and O–H groups in total. The minimum atomic E-state index is -0.165. The van der Waals surface area contributed by atoms with Crippen LogP contribution in [-0.2, 0) is 9.53 Å². The van der Waals surface area contributed by atoms with E-state index in [1.807, 2.05) is 0 Å². The highest BCUT2D eigenvalue weighted by Gasteiger charge is 2.23. The molecule has 0 radical (unpaired) electrons. The van der Waals surface area contributed by atoms with Crippen LogP contribution in [0.3, 0.4) is 0 Å². The highest BCUT2D eigenvalue weighted by molar-refractivity contribution is 5.76. The lowest BCUT2D eigenvalue weighted by Crippen LogP contribution is -2.42. The van der Waals surface area contributed by atoms with E-state index in [1.54, 1.807) is 7.11 Å². The van der Waals surface area contributed by atoms with E-state index in [2.05, 4.69) is 4.90 Å². The van der Waals surface area contributed by atoms with Crippen LogP contribution >= 0.6 is 0 Å². The van der Waals surface area contributed by atoms with Crippen molar-refractivity contribution in [1.82, 2.24) is 4.90 Å². The largest absolute Gasteiger partial charge is 0.383 e. The number of piperidine rings is 1. The molecular formula is C9H18N2O2. The number of hydrogen-bond donors (Lipinski definition) is 1. The second kappa shape index (κ2) is 5.19. The average molecular weight is 186 g/mol. The van der Waals surface area contributed by atoms with Crippen LogP contribution in [0, 0.1) is 5.92 Å². The van der Waals surface area contributed by atoms with Gasteiger partial charge in [0.05, 0.1) is 12.5 Å². The molecule has 1 unspecified atom stereocenters. The van der Waals surface area contributed by atoms with Gasteiger partial charge in [-0.25, -0.2) is 0 Å². The first-order valence-electron chi connectivity index (χ1n) is 4.74. The molecule has 0 aromatic rings. The van der Waals surface area contributed by atoms with Crippen molar-refractivity contribution in [2.24, 2.45) is 11.7 Å². The number of ether oxygens (including phenoxy) is 1. The minimum absolute atomic E-state index is 0.0469. The van der Waals surface area contributed by atoms with Crippen LogP contribution in [0.5, 0.6) is 0 Å². The van der Waals surface area contributed by atoms with Crippen LogP contribution in [0.1, 0.15) is 12.8 Å². The first-order chi connectivity index (χ1) is 6.24. The average Bonchev–Trinajstić information content (AvgIpc) is 2.15. The van der Waals surface area contributed by atoms with Crippen molar-refractivity contribution >= 4 is 5.91 Å². The first-order valence-corrected chi connectivity index (χ1v) is 4.74. The fraction of sp³-hybridized carbons (Fsp3) is 0.889. The summed E-state index contributed by atoms with van der Waals surface area (Å²) in [6, 6.07) is 0. The lowest BCUT2D eigenvalue weighted by molar-refractivity contribution is -0.123. The van der Waals surface area contributed by atoms with E-state index in [4.69, 9.17) is 10.5 Å². The van der Waals surface area contributed by atoms with E-state index < -0.39 is 0 Å². The predicted octanol–water partition coefficient (Wildman–Crippen LogP) is -0.170. The molecule has 13 heavy (non-hydrogen) atoms. The summed E-state index contributed by atoms with van der Waals surface area (Å²) in [5.74, 6) is -0.118. The monoisotopic (exact) mass is 186 g/mol. The number of carbonyl (C=O) groups is 1. The molecule has 1 amide bonds. The van der Waals surface area contributed by atoms with Crippen LogP contribution in [0.25, 0.3) is 0 Å². The molecule has 1 atom stereocenters. The summed E-state index contributed by atoms with van der Waals surface area (Å²) >= 11 is 0. The summed E-state index contributed by atoms with van der Waals surface area (Å²) in [5, 5.41) is 0. The van der Waals surface area contributed by atoms with Crippen LogP contribution in [-0.4, -0.2) is 44.2 Å². The van der Waals surface area contributed by atoms with E-state index in [0.717, 1.165) is 39.1 Å². The number of hydrogen-bond acceptors (Lipinski definition) is 3. The standard InChI is InChI=1S/C9H18N2O2/c1-13-6-5-11-4-2-3-8(7-11)9(10)12/h8H,2-7H2,1H3,(H2,10,12). The summed E-state index contributed by atoms with van der Waals surface area (Å²) in [6.07, 6.45) is 2.01. The van der Waals surface area contributed by atoms with E-state index in [1.165, 1.54) is 0 Å². The molecule has 4 heteroatoms. The van der Waals surface area contributed by atoms with Crippen molar-refractivity contribution in [2.75, 3.05) is 33.4 Å². The lowest BCUT2D eigenvalue weighted by atomic mass is 9.98. The van der Waals surface area contributed by atoms with Gasteiger partial charge in [-0.15, -0.1) is 0 Å². The Kier molecular flexibility index (Phi) is 4.18. The van der Waals surface area contributed by atoms with Crippen molar-refractivity contribution in [3.63, 3.8) is 0 Å². The lowest BCUT2D eigenvalue weighted by Gasteiger charge is -2.30. The zero-order valence-electron chi connectivity index (χ0n) is 8.16. The summed E-state index contributed by atoms with van der Waals surface area (Å²) in [5.41, 5.74) is 5.26. The van der Waals surface area contributed by atoms with E-state index in [0.29, 0.717) is 0 Å². The molecule has 1 aliphatic heterocycles. The van der Waals surface area contributed by atoms with Crippen molar-refractivity contribution < 1.29 is 9.53 Å². The van der Waals surface area contributed by atoms with Gasteiger partial charge < -0.3 is 15.4 Å². The third kappa shape index (κ3) is 3.32. The van der Waals surface area contributed by atoms with Gasteiger partial charge in [0.2, 0.25) is 5.91 Å². The Balaban J connectivity index is 2.29. The van der Waals surface area contributed by atoms with Crippen LogP contribution in [0.2, 0.25) is 0 Å². The molecule has 1 heterocycles. The van der Waals surface area contributed by atoms with E-state index in [9.17, 15) is 4.79 Å². The zero-order chi connectivity index (χ0) is 9.68. The second-order valence-corrected chi connectivity index (χ2v) is 3.53. The van der Waals surface area contributed by atoms with Gasteiger partial charge in [-0.3, -0.25) is 4.79 Å². The molecule has 0 aromatic carbocycles. The topological polar surface area (TPSA) is 55.6 Å². The van der Waals surface area contributed by atoms with Crippen LogP contribution < -0.4 is 5.73 Å². The SMILES string of the molecule is COCCN1CCCC(C(N)=O)C1. The molecule has 4 nitrogen and oxygen atoms in total. The Hall–Kier alpha value is -0.610. The number of methoxy groups -OCH3 is 1. The Morgan fingerprint density at radius 2 is 2.46 bits per heavy atom. The molecule has 1 saturated heterocycles. The van der Waals surface area contributed by atoms with Gasteiger partial charge in [0.1, 0.15) is 0 Å². The number of likely N-dealkylation sites (tertiary alicyclic amines) is 1. The quantitative estimate of drug-likeness (QED) is 0.663. The normalized spacial score (nSPS) is 24.5. The molecule has 76 valence electrons. The van der Waals surface area contributed by atoms with Gasteiger partial charge in [-0.1, -0.05) is 0 Å². The molecule has 1 aliphatic rings. The number of nitrogens with zero attached hydrogens (tertiary/aromatic N) is 1. The molecule has 0 aromatic heterocycles. The van der Waals surface area contributed by atoms with Crippen LogP contribution in [0.4, 0.5) is 0 Å². The molecule has 1 fully saturated rings. The smallest absolute Gasteiger partial charge is 0.221 e. The van der Waals surface area contributed by atoms with Crippen LogP contribution in [0.15, 0.2) is 0 Å². The Morgan fingerprint density at radius 1 is 1.69 bits per heavy atom. The van der Waals surface area contributed by atoms with Gasteiger partial charge >= 0.3 is 0 Å². The molecule has 0 saturated carbocycles. The molecule has 1 rings (SSSR count). The molecule has 0 aliphatic carbocycles. The fourth-order valence-electron chi connectivity index (χ4n) is 1.71. The van der Waals surface area contributed by atoms with E-state index in [-0.39, 0.29) is 11.8 Å². The maximum atomic E-state index is 10.9. The second-order valence-electron chi connectivity index (χ2n) is 3.53. The number of carbonyl (C=O) groups excluding carboxylic acids is 1. The highest BCUT2D eigenvalue weighted by Crippen LogP contribution is 2.15. The first kappa shape index (κ1) is 10.5. The van der Waals surface area contributed by atoms with Gasteiger partial charge in [-0.2, -0.15) is 0 Å². The third-order valence-electron chi connectivity index (χ3n) is 2.52. The minimum Gasteiger partial charge on any atom is -0.383 e. The summed E-state index contributed by atoms with van der Waals surface area (Å²) in [7, 11) is 1.69. The summed E-state index contributed by atoms with van der Waals surface area (Å²) in [6.45, 7) is 3.50. The molecule has 0 bridgehead atoms. The fourth-order valence-corrected chi connectivity index (χ4v) is 1.71.